The quantitative estimate of drug-likeness (QED) is 0.335. The molecule has 0 aliphatic heterocycles. The predicted molar refractivity (Wildman–Crippen MR) is 144 cm³/mol. The van der Waals surface area contributed by atoms with Crippen LogP contribution in [0.1, 0.15) is 71.7 Å². The molecule has 1 fully saturated rings. The van der Waals surface area contributed by atoms with E-state index in [4.69, 9.17) is 14.2 Å². The minimum absolute atomic E-state index is 0.0593. The van der Waals surface area contributed by atoms with E-state index in [0.29, 0.717) is 11.1 Å². The number of rotatable bonds is 4. The molecule has 1 aromatic carbocycles. The van der Waals surface area contributed by atoms with Crippen molar-refractivity contribution in [3.8, 4) is 0 Å². The number of ketones is 1. The Hall–Kier alpha value is -3.26. The number of hydrogen-bond donors (Lipinski definition) is 1. The van der Waals surface area contributed by atoms with Crippen LogP contribution in [0.3, 0.4) is 0 Å². The molecule has 1 aromatic rings. The highest BCUT2D eigenvalue weighted by Gasteiger charge is 2.58. The molecule has 7 atom stereocenters. The molecule has 0 unspecified atom stereocenters. The van der Waals surface area contributed by atoms with Crippen molar-refractivity contribution in [3.05, 3.63) is 59.7 Å². The summed E-state index contributed by atoms with van der Waals surface area (Å²) in [6.07, 6.45) is 2.86. The summed E-state index contributed by atoms with van der Waals surface area (Å²) >= 11 is 0. The van der Waals surface area contributed by atoms with Crippen molar-refractivity contribution in [1.29, 1.82) is 0 Å². The molecular formula is C31H40O8. The first-order chi connectivity index (χ1) is 18.2. The summed E-state index contributed by atoms with van der Waals surface area (Å²) in [4.78, 5) is 50.6. The van der Waals surface area contributed by atoms with E-state index in [2.05, 4.69) is 0 Å². The number of Topliss-reactive ketones (excluding diaryl/α,β-unsaturated/α-hetero) is 1. The van der Waals surface area contributed by atoms with Crippen LogP contribution in [0, 0.1) is 23.2 Å². The van der Waals surface area contributed by atoms with Gasteiger partial charge in [-0.25, -0.2) is 4.79 Å². The molecule has 1 saturated carbocycles. The maximum atomic E-state index is 13.4. The number of fused-ring (bicyclic) bond motifs is 1. The Morgan fingerprint density at radius 1 is 0.974 bits per heavy atom. The molecular weight excluding hydrogens is 500 g/mol. The summed E-state index contributed by atoms with van der Waals surface area (Å²) in [5.41, 5.74) is -1.66. The van der Waals surface area contributed by atoms with Gasteiger partial charge in [-0.15, -0.1) is 0 Å². The van der Waals surface area contributed by atoms with Crippen LogP contribution in [0.15, 0.2) is 54.1 Å². The van der Waals surface area contributed by atoms with Gasteiger partial charge < -0.3 is 19.3 Å². The van der Waals surface area contributed by atoms with Gasteiger partial charge in [-0.3, -0.25) is 14.4 Å². The van der Waals surface area contributed by atoms with Gasteiger partial charge in [0.15, 0.2) is 5.78 Å². The third kappa shape index (κ3) is 6.85. The Bertz CT molecular complexity index is 1150. The van der Waals surface area contributed by atoms with Crippen molar-refractivity contribution in [3.63, 3.8) is 0 Å². The molecule has 39 heavy (non-hydrogen) atoms. The monoisotopic (exact) mass is 540 g/mol. The van der Waals surface area contributed by atoms with E-state index in [0.717, 1.165) is 0 Å². The third-order valence-electron chi connectivity index (χ3n) is 7.86. The molecule has 0 aromatic heterocycles. The SMILES string of the molecule is CC(=O)O[C@@H]1CC(=O)C(C)=C[C@H]2[C@@H](OC(=O)c3ccccc3)[C@@H](C)C[C@]2(O)[C@@H](OC(C)=O)[C@@H](C)C=CC1(C)C. The zero-order valence-electron chi connectivity index (χ0n) is 23.8. The van der Waals surface area contributed by atoms with Gasteiger partial charge in [0.2, 0.25) is 0 Å². The average Bonchev–Trinajstić information content (AvgIpc) is 3.09. The summed E-state index contributed by atoms with van der Waals surface area (Å²) in [6.45, 7) is 11.6. The highest BCUT2D eigenvalue weighted by molar-refractivity contribution is 5.95. The minimum Gasteiger partial charge on any atom is -0.461 e. The minimum atomic E-state index is -1.63. The molecule has 2 aliphatic rings. The topological polar surface area (TPSA) is 116 Å². The normalized spacial score (nSPS) is 32.6. The maximum Gasteiger partial charge on any atom is 0.338 e. The maximum absolute atomic E-state index is 13.4. The lowest BCUT2D eigenvalue weighted by molar-refractivity contribution is -0.173. The fourth-order valence-electron chi connectivity index (χ4n) is 5.71. The van der Waals surface area contributed by atoms with Gasteiger partial charge in [0, 0.05) is 37.5 Å². The average molecular weight is 541 g/mol. The molecule has 0 heterocycles. The Labute approximate surface area is 230 Å². The van der Waals surface area contributed by atoms with Gasteiger partial charge in [-0.1, -0.05) is 64.1 Å². The molecule has 212 valence electrons. The Morgan fingerprint density at radius 2 is 1.59 bits per heavy atom. The molecule has 0 amide bonds. The lowest BCUT2D eigenvalue weighted by Gasteiger charge is -2.40. The Morgan fingerprint density at radius 3 is 2.18 bits per heavy atom. The van der Waals surface area contributed by atoms with Crippen molar-refractivity contribution in [2.45, 2.75) is 85.2 Å². The predicted octanol–water partition coefficient (Wildman–Crippen LogP) is 4.60. The van der Waals surface area contributed by atoms with Crippen LogP contribution in [-0.2, 0) is 28.6 Å². The van der Waals surface area contributed by atoms with E-state index in [1.807, 2.05) is 39.8 Å². The van der Waals surface area contributed by atoms with Crippen LogP contribution in [0.5, 0.6) is 0 Å². The van der Waals surface area contributed by atoms with Crippen molar-refractivity contribution >= 4 is 23.7 Å². The highest BCUT2D eigenvalue weighted by Crippen LogP contribution is 2.48. The highest BCUT2D eigenvalue weighted by atomic mass is 16.6. The number of aliphatic hydroxyl groups is 1. The van der Waals surface area contributed by atoms with Gasteiger partial charge in [0.05, 0.1) is 5.56 Å². The van der Waals surface area contributed by atoms with Crippen LogP contribution in [-0.4, -0.2) is 52.7 Å². The molecule has 0 saturated heterocycles. The molecule has 2 aliphatic carbocycles. The molecule has 0 bridgehead atoms. The second-order valence-electron chi connectivity index (χ2n) is 11.6. The van der Waals surface area contributed by atoms with E-state index in [9.17, 15) is 24.3 Å². The summed E-state index contributed by atoms with van der Waals surface area (Å²) in [5, 5.41) is 12.3. The van der Waals surface area contributed by atoms with Crippen LogP contribution < -0.4 is 0 Å². The summed E-state index contributed by atoms with van der Waals surface area (Å²) in [6, 6.07) is 8.54. The Kier molecular flexibility index (Phi) is 9.21. The number of ether oxygens (including phenoxy) is 3. The van der Waals surface area contributed by atoms with Crippen LogP contribution in [0.25, 0.3) is 0 Å². The standard InChI is InChI=1S/C31H40O8/c1-18-13-14-30(6,7)26(37-21(4)32)16-25(34)19(2)15-24-27(39-29(35)23-11-9-8-10-12-23)20(3)17-31(24,36)28(18)38-22(5)33/h8-15,18,20,24,26-28,36H,16-17H2,1-7H3/t18-,20-,24-,26+,27-,28-,31+/m0/s1. The van der Waals surface area contributed by atoms with Crippen molar-refractivity contribution < 1.29 is 38.5 Å². The number of allylic oxidation sites excluding steroid dienone is 1. The smallest absolute Gasteiger partial charge is 0.338 e. The molecule has 0 spiro atoms. The van der Waals surface area contributed by atoms with Gasteiger partial charge >= 0.3 is 17.9 Å². The van der Waals surface area contributed by atoms with E-state index in [1.165, 1.54) is 13.8 Å². The number of carbonyl (C=O) groups is 4. The molecule has 3 rings (SSSR count). The van der Waals surface area contributed by atoms with Crippen molar-refractivity contribution in [1.82, 2.24) is 0 Å². The van der Waals surface area contributed by atoms with Gasteiger partial charge in [-0.2, -0.15) is 0 Å². The van der Waals surface area contributed by atoms with Crippen LogP contribution in [0.2, 0.25) is 0 Å². The van der Waals surface area contributed by atoms with E-state index in [-0.39, 0.29) is 24.5 Å². The Balaban J connectivity index is 2.13. The summed E-state index contributed by atoms with van der Waals surface area (Å²) < 4.78 is 17.3. The number of carbonyl (C=O) groups excluding carboxylic acids is 4. The first kappa shape index (κ1) is 30.3. The third-order valence-corrected chi connectivity index (χ3v) is 7.86. The lowest BCUT2D eigenvalue weighted by atomic mass is 9.75. The van der Waals surface area contributed by atoms with Crippen LogP contribution >= 0.6 is 0 Å². The zero-order valence-corrected chi connectivity index (χ0v) is 23.8. The lowest BCUT2D eigenvalue weighted by Crippen LogP contribution is -2.52. The second-order valence-corrected chi connectivity index (χ2v) is 11.6. The fourth-order valence-corrected chi connectivity index (χ4v) is 5.71. The van der Waals surface area contributed by atoms with Crippen molar-refractivity contribution in [2.75, 3.05) is 0 Å². The molecule has 8 heteroatoms. The van der Waals surface area contributed by atoms with Gasteiger partial charge in [0.25, 0.3) is 0 Å². The van der Waals surface area contributed by atoms with Crippen molar-refractivity contribution in [2.24, 2.45) is 23.2 Å². The van der Waals surface area contributed by atoms with Gasteiger partial charge in [-0.05, 0) is 37.0 Å². The van der Waals surface area contributed by atoms with E-state index in [1.54, 1.807) is 43.3 Å². The fraction of sp³-hybridized carbons (Fsp3) is 0.548. The molecule has 1 N–H and O–H groups in total. The van der Waals surface area contributed by atoms with Gasteiger partial charge in [0.1, 0.15) is 23.9 Å². The summed E-state index contributed by atoms with van der Waals surface area (Å²) in [7, 11) is 0. The molecule has 8 nitrogen and oxygen atoms in total. The largest absolute Gasteiger partial charge is 0.461 e. The first-order valence-corrected chi connectivity index (χ1v) is 13.4. The van der Waals surface area contributed by atoms with Crippen LogP contribution in [0.4, 0.5) is 0 Å². The number of hydrogen-bond acceptors (Lipinski definition) is 8. The zero-order chi connectivity index (χ0) is 29.1. The van der Waals surface area contributed by atoms with E-state index >= 15 is 0 Å². The first-order valence-electron chi connectivity index (χ1n) is 13.4. The number of esters is 3. The second kappa shape index (κ2) is 11.9. The number of benzene rings is 1. The summed E-state index contributed by atoms with van der Waals surface area (Å²) in [5.74, 6) is -3.49. The van der Waals surface area contributed by atoms with E-state index < -0.39 is 59.1 Å². The molecule has 0 radical (unpaired) electrons.